The highest BCUT2D eigenvalue weighted by Gasteiger charge is 2.29. The predicted molar refractivity (Wildman–Crippen MR) is 134 cm³/mol. The molecule has 0 bridgehead atoms. The first-order chi connectivity index (χ1) is 17.4. The molecule has 0 aliphatic heterocycles. The normalized spacial score (nSPS) is 11.4. The molecule has 9 heteroatoms. The summed E-state index contributed by atoms with van der Waals surface area (Å²) in [5, 5.41) is 16.9. The molecule has 184 valence electrons. The lowest BCUT2D eigenvalue weighted by Crippen LogP contribution is -2.38. The van der Waals surface area contributed by atoms with Crippen LogP contribution in [0, 0.1) is 24.1 Å². The van der Waals surface area contributed by atoms with Gasteiger partial charge >= 0.3 is 0 Å². The molecule has 4 rings (SSSR count). The number of pyridine rings is 1. The Labute approximate surface area is 208 Å². The number of halogens is 1. The van der Waals surface area contributed by atoms with Gasteiger partial charge in [0.2, 0.25) is 0 Å². The maximum Gasteiger partial charge on any atom is 0.251 e. The zero-order valence-corrected chi connectivity index (χ0v) is 20.7. The topological polar surface area (TPSA) is 110 Å². The van der Waals surface area contributed by atoms with E-state index in [0.717, 1.165) is 5.56 Å². The van der Waals surface area contributed by atoms with Crippen molar-refractivity contribution in [3.8, 4) is 40.0 Å². The molecule has 3 aromatic heterocycles. The van der Waals surface area contributed by atoms with Gasteiger partial charge in [0.05, 0.1) is 23.7 Å². The highest BCUT2D eigenvalue weighted by molar-refractivity contribution is 5.68. The minimum atomic E-state index is -0.944. The molecule has 4 aromatic rings. The van der Waals surface area contributed by atoms with Gasteiger partial charge in [0.25, 0.3) is 5.56 Å². The van der Waals surface area contributed by atoms with Crippen LogP contribution in [0.5, 0.6) is 0 Å². The summed E-state index contributed by atoms with van der Waals surface area (Å²) in [6, 6.07) is 12.0. The Hall–Kier alpha value is -4.16. The Morgan fingerprint density at radius 3 is 2.61 bits per heavy atom. The van der Waals surface area contributed by atoms with Gasteiger partial charge in [-0.15, -0.1) is 0 Å². The second-order valence-corrected chi connectivity index (χ2v) is 8.59. The van der Waals surface area contributed by atoms with Crippen molar-refractivity contribution in [2.24, 2.45) is 0 Å². The Kier molecular flexibility index (Phi) is 7.08. The first-order valence-electron chi connectivity index (χ1n) is 11.7. The van der Waals surface area contributed by atoms with E-state index in [4.69, 9.17) is 9.51 Å². The molecular weight excluding hydrogens is 459 g/mol. The van der Waals surface area contributed by atoms with Crippen molar-refractivity contribution >= 4 is 0 Å². The maximum absolute atomic E-state index is 14.7. The lowest BCUT2D eigenvalue weighted by atomic mass is 9.94. The molecule has 0 amide bonds. The third-order valence-corrected chi connectivity index (χ3v) is 6.44. The molecule has 0 unspecified atom stereocenters. The molecule has 0 spiro atoms. The van der Waals surface area contributed by atoms with Crippen molar-refractivity contribution < 1.29 is 8.91 Å². The van der Waals surface area contributed by atoms with Crippen molar-refractivity contribution in [3.63, 3.8) is 0 Å². The van der Waals surface area contributed by atoms with E-state index in [2.05, 4.69) is 21.5 Å². The number of rotatable bonds is 8. The van der Waals surface area contributed by atoms with E-state index >= 15 is 0 Å². The fourth-order valence-corrected chi connectivity index (χ4v) is 4.19. The van der Waals surface area contributed by atoms with Gasteiger partial charge in [-0.05, 0) is 50.6 Å². The molecule has 0 saturated carbocycles. The predicted octanol–water partition coefficient (Wildman–Crippen LogP) is 4.83. The van der Waals surface area contributed by atoms with E-state index in [1.165, 1.54) is 16.7 Å². The van der Waals surface area contributed by atoms with Crippen LogP contribution in [-0.2, 0) is 12.1 Å². The molecule has 0 radical (unpaired) electrons. The Balaban J connectivity index is 1.74. The van der Waals surface area contributed by atoms with Gasteiger partial charge in [0.15, 0.2) is 5.76 Å². The summed E-state index contributed by atoms with van der Waals surface area (Å²) in [7, 11) is 1.80. The minimum Gasteiger partial charge on any atom is -0.354 e. The van der Waals surface area contributed by atoms with Crippen LogP contribution >= 0.6 is 0 Å². The number of aryl methyl sites for hydroxylation is 1. The summed E-state index contributed by atoms with van der Waals surface area (Å²) in [5.74, 6) is -0.0494. The molecule has 1 aromatic carbocycles. The van der Waals surface area contributed by atoms with Gasteiger partial charge in [-0.25, -0.2) is 9.37 Å². The second-order valence-electron chi connectivity index (χ2n) is 8.59. The number of hydrogen-bond acceptors (Lipinski definition) is 7. The van der Waals surface area contributed by atoms with Crippen LogP contribution < -0.4 is 10.9 Å². The summed E-state index contributed by atoms with van der Waals surface area (Å²) in [6.45, 7) is 6.11. The Bertz CT molecular complexity index is 1500. The lowest BCUT2D eigenvalue weighted by Gasteiger charge is -2.26. The summed E-state index contributed by atoms with van der Waals surface area (Å²) in [6.07, 6.45) is 4.23. The number of nitrogens with one attached hydrogen (secondary N) is 1. The SMILES string of the molecule is CCC(C#N)(CC)n1cc(-c2cnc(C)c(-c3cc(-c4ccc(CNC)cc4F)no3)n2)ccc1=O. The quantitative estimate of drug-likeness (QED) is 0.380. The van der Waals surface area contributed by atoms with Crippen molar-refractivity contribution in [2.45, 2.75) is 45.7 Å². The zero-order chi connectivity index (χ0) is 25.9. The van der Waals surface area contributed by atoms with E-state index in [9.17, 15) is 14.4 Å². The van der Waals surface area contributed by atoms with Crippen LogP contribution in [-0.4, -0.2) is 26.7 Å². The largest absolute Gasteiger partial charge is 0.354 e. The molecule has 0 saturated heterocycles. The summed E-state index contributed by atoms with van der Waals surface area (Å²) >= 11 is 0. The van der Waals surface area contributed by atoms with Crippen LogP contribution in [0.1, 0.15) is 37.9 Å². The van der Waals surface area contributed by atoms with Gasteiger partial charge in [-0.1, -0.05) is 25.1 Å². The Morgan fingerprint density at radius 1 is 1.17 bits per heavy atom. The van der Waals surface area contributed by atoms with Crippen LogP contribution in [0.4, 0.5) is 4.39 Å². The van der Waals surface area contributed by atoms with Gasteiger partial charge < -0.3 is 9.84 Å². The molecule has 0 aliphatic rings. The lowest BCUT2D eigenvalue weighted by molar-refractivity contribution is 0.345. The average Bonchev–Trinajstić information content (AvgIpc) is 3.37. The number of nitrogens with zero attached hydrogens (tertiary/aromatic N) is 5. The highest BCUT2D eigenvalue weighted by atomic mass is 19.1. The second kappa shape index (κ2) is 10.2. The first-order valence-corrected chi connectivity index (χ1v) is 11.7. The average molecular weight is 487 g/mol. The fraction of sp³-hybridized carbons (Fsp3) is 0.296. The fourth-order valence-electron chi connectivity index (χ4n) is 4.19. The summed E-state index contributed by atoms with van der Waals surface area (Å²) < 4.78 is 21.7. The number of benzene rings is 1. The number of nitriles is 1. The number of aromatic nitrogens is 4. The van der Waals surface area contributed by atoms with Crippen molar-refractivity contribution in [2.75, 3.05) is 7.05 Å². The third-order valence-electron chi connectivity index (χ3n) is 6.44. The molecule has 0 aliphatic carbocycles. The van der Waals surface area contributed by atoms with Crippen LogP contribution in [0.3, 0.4) is 0 Å². The van der Waals surface area contributed by atoms with Gasteiger partial charge in [-0.2, -0.15) is 5.26 Å². The van der Waals surface area contributed by atoms with Crippen LogP contribution in [0.25, 0.3) is 34.0 Å². The smallest absolute Gasteiger partial charge is 0.251 e. The van der Waals surface area contributed by atoms with E-state index in [0.29, 0.717) is 59.0 Å². The third kappa shape index (κ3) is 4.55. The Morgan fingerprint density at radius 2 is 1.94 bits per heavy atom. The first kappa shape index (κ1) is 24.9. The summed E-state index contributed by atoms with van der Waals surface area (Å²) in [4.78, 5) is 21.8. The van der Waals surface area contributed by atoms with E-state index in [1.54, 1.807) is 44.6 Å². The minimum absolute atomic E-state index is 0.257. The molecular formula is C27H27FN6O2. The van der Waals surface area contributed by atoms with Crippen LogP contribution in [0.2, 0.25) is 0 Å². The zero-order valence-electron chi connectivity index (χ0n) is 20.7. The summed E-state index contributed by atoms with van der Waals surface area (Å²) in [5.41, 5.74) is 2.49. The molecule has 0 atom stereocenters. The van der Waals surface area contributed by atoms with Crippen molar-refractivity contribution in [1.82, 2.24) is 25.0 Å². The van der Waals surface area contributed by atoms with Crippen molar-refractivity contribution in [3.05, 3.63) is 76.2 Å². The standard InChI is InChI=1S/C27H27FN6O2/c1-5-27(6-2,16-29)34-15-19(8-10-25(34)35)23-14-31-17(3)26(32-23)24-12-22(33-36-24)20-9-7-18(13-30-4)11-21(20)28/h7-12,14-15,30H,5-6,13H2,1-4H3. The van der Waals surface area contributed by atoms with E-state index in [1.807, 2.05) is 19.9 Å². The van der Waals surface area contributed by atoms with E-state index < -0.39 is 11.4 Å². The van der Waals surface area contributed by atoms with E-state index in [-0.39, 0.29) is 5.56 Å². The molecule has 36 heavy (non-hydrogen) atoms. The van der Waals surface area contributed by atoms with Gasteiger partial charge in [0.1, 0.15) is 22.7 Å². The molecule has 3 heterocycles. The molecule has 0 fully saturated rings. The number of hydrogen-bond donors (Lipinski definition) is 1. The maximum atomic E-state index is 14.7. The highest BCUT2D eigenvalue weighted by Crippen LogP contribution is 2.30. The van der Waals surface area contributed by atoms with Gasteiger partial charge in [0, 0.05) is 36.0 Å². The monoisotopic (exact) mass is 486 g/mol. The molecule has 1 N–H and O–H groups in total. The van der Waals surface area contributed by atoms with Crippen molar-refractivity contribution in [1.29, 1.82) is 5.26 Å². The van der Waals surface area contributed by atoms with Gasteiger partial charge in [-0.3, -0.25) is 14.3 Å². The van der Waals surface area contributed by atoms with Crippen LogP contribution in [0.15, 0.2) is 58.1 Å². The molecule has 8 nitrogen and oxygen atoms in total.